The van der Waals surface area contributed by atoms with Crippen LogP contribution in [0.5, 0.6) is 0 Å². The largest absolute Gasteiger partial charge is 0.416 e. The average Bonchev–Trinajstić information content (AvgIpc) is 3.39. The van der Waals surface area contributed by atoms with Crippen LogP contribution in [0.15, 0.2) is 60.1 Å². The summed E-state index contributed by atoms with van der Waals surface area (Å²) in [7, 11) is 0. The summed E-state index contributed by atoms with van der Waals surface area (Å²) < 4.78 is 39.9. The van der Waals surface area contributed by atoms with Gasteiger partial charge < -0.3 is 21.1 Å². The zero-order chi connectivity index (χ0) is 30.9. The first-order valence-electron chi connectivity index (χ1n) is 13.8. The zero-order valence-corrected chi connectivity index (χ0v) is 24.8. The number of nitrogens with one attached hydrogen (secondary N) is 1. The first-order valence-corrected chi connectivity index (χ1v) is 14.7. The highest BCUT2D eigenvalue weighted by atomic mass is 32.1. The van der Waals surface area contributed by atoms with Crippen molar-refractivity contribution < 1.29 is 23.1 Å². The Balaban J connectivity index is 1.55. The van der Waals surface area contributed by atoms with Gasteiger partial charge in [-0.3, -0.25) is 4.79 Å². The van der Waals surface area contributed by atoms with E-state index in [1.165, 1.54) is 23.5 Å². The molecule has 2 aromatic heterocycles. The predicted molar refractivity (Wildman–Crippen MR) is 164 cm³/mol. The maximum Gasteiger partial charge on any atom is 0.416 e. The number of aromatic nitrogens is 2. The second-order valence-electron chi connectivity index (χ2n) is 11.3. The second-order valence-corrected chi connectivity index (χ2v) is 12.1. The van der Waals surface area contributed by atoms with E-state index in [4.69, 9.17) is 5.73 Å². The molecule has 11 heteroatoms. The molecule has 0 aliphatic carbocycles. The minimum atomic E-state index is -4.46. The predicted octanol–water partition coefficient (Wildman–Crippen LogP) is 5.50. The Bertz CT molecular complexity index is 1760. The van der Waals surface area contributed by atoms with Crippen LogP contribution in [0.1, 0.15) is 49.7 Å². The number of nitrogens with two attached hydrogens (primary N) is 1. The van der Waals surface area contributed by atoms with Crippen molar-refractivity contribution in [3.8, 4) is 21.7 Å². The molecule has 0 fully saturated rings. The van der Waals surface area contributed by atoms with E-state index in [2.05, 4.69) is 33.2 Å². The van der Waals surface area contributed by atoms with E-state index in [1.54, 1.807) is 37.6 Å². The number of nitrogen functional groups attached to an aromatic ring is 1. The fraction of sp³-hybridized carbons (Fsp3) is 0.281. The number of benzene rings is 2. The van der Waals surface area contributed by atoms with E-state index in [-0.39, 0.29) is 11.7 Å². The molecule has 5 rings (SSSR count). The van der Waals surface area contributed by atoms with Crippen LogP contribution in [-0.2, 0) is 6.18 Å². The van der Waals surface area contributed by atoms with Gasteiger partial charge in [0.2, 0.25) is 0 Å². The minimum absolute atomic E-state index is 0.151. The lowest BCUT2D eigenvalue weighted by Crippen LogP contribution is -2.34. The molecule has 1 aliphatic heterocycles. The van der Waals surface area contributed by atoms with E-state index < -0.39 is 23.2 Å². The molecule has 4 N–H and O–H groups in total. The monoisotopic (exact) mass is 607 g/mol. The molecule has 1 aliphatic rings. The van der Waals surface area contributed by atoms with Gasteiger partial charge in [0.1, 0.15) is 16.5 Å². The summed E-state index contributed by atoms with van der Waals surface area (Å²) in [5.41, 5.74) is 6.70. The number of amides is 1. The van der Waals surface area contributed by atoms with Crippen molar-refractivity contribution in [2.75, 3.05) is 17.6 Å². The summed E-state index contributed by atoms with van der Waals surface area (Å²) in [6.45, 7) is 6.26. The summed E-state index contributed by atoms with van der Waals surface area (Å²) in [4.78, 5) is 24.1. The minimum Gasteiger partial charge on any atom is -0.390 e. The van der Waals surface area contributed by atoms with Crippen LogP contribution in [0.3, 0.4) is 0 Å². The molecule has 0 saturated carbocycles. The van der Waals surface area contributed by atoms with E-state index in [1.807, 2.05) is 18.3 Å². The number of rotatable bonds is 7. The summed E-state index contributed by atoms with van der Waals surface area (Å²) >= 11 is 1.29. The lowest BCUT2D eigenvalue weighted by atomic mass is 9.99. The number of carbonyl (C=O) groups is 1. The molecule has 0 bridgehead atoms. The van der Waals surface area contributed by atoms with Crippen LogP contribution in [-0.4, -0.2) is 44.1 Å². The van der Waals surface area contributed by atoms with Crippen LogP contribution in [0, 0.1) is 0 Å². The van der Waals surface area contributed by atoms with E-state index in [0.717, 1.165) is 34.6 Å². The van der Waals surface area contributed by atoms with Crippen LogP contribution >= 0.6 is 11.3 Å². The third kappa shape index (κ3) is 7.23. The molecular formula is C32H32F3N5O2S. The van der Waals surface area contributed by atoms with Crippen molar-refractivity contribution in [2.45, 2.75) is 51.4 Å². The van der Waals surface area contributed by atoms with Gasteiger partial charge in [-0.15, -0.1) is 11.3 Å². The zero-order valence-electron chi connectivity index (χ0n) is 23.9. The van der Waals surface area contributed by atoms with Gasteiger partial charge in [-0.1, -0.05) is 18.2 Å². The summed E-state index contributed by atoms with van der Waals surface area (Å²) in [6.07, 6.45) is 2.50. The van der Waals surface area contributed by atoms with Gasteiger partial charge in [-0.2, -0.15) is 13.2 Å². The van der Waals surface area contributed by atoms with Crippen molar-refractivity contribution in [3.05, 3.63) is 81.8 Å². The molecule has 0 saturated heterocycles. The molecule has 1 unspecified atom stereocenters. The van der Waals surface area contributed by atoms with Gasteiger partial charge in [-0.05, 0) is 86.0 Å². The molecule has 1 atom stereocenters. The number of hydrogen-bond acceptors (Lipinski definition) is 7. The summed E-state index contributed by atoms with van der Waals surface area (Å²) in [6, 6.07) is 12.2. The summed E-state index contributed by atoms with van der Waals surface area (Å²) in [5.74, 6) is -0.119. The highest BCUT2D eigenvalue weighted by Gasteiger charge is 2.30. The average molecular weight is 608 g/mol. The van der Waals surface area contributed by atoms with E-state index in [9.17, 15) is 23.1 Å². The first kappa shape index (κ1) is 30.2. The van der Waals surface area contributed by atoms with Crippen LogP contribution in [0.25, 0.3) is 34.0 Å². The number of alkyl halides is 3. The fourth-order valence-electron chi connectivity index (χ4n) is 4.81. The Hall–Kier alpha value is -4.22. The fourth-order valence-corrected chi connectivity index (χ4v) is 5.60. The van der Waals surface area contributed by atoms with Crippen LogP contribution in [0.2, 0.25) is 0 Å². The highest BCUT2D eigenvalue weighted by molar-refractivity contribution is 7.13. The number of pyridine rings is 1. The van der Waals surface area contributed by atoms with Crippen LogP contribution < -0.4 is 21.5 Å². The van der Waals surface area contributed by atoms with Crippen molar-refractivity contribution in [1.82, 2.24) is 14.9 Å². The van der Waals surface area contributed by atoms with Gasteiger partial charge in [0.25, 0.3) is 5.91 Å². The van der Waals surface area contributed by atoms with E-state index in [0.29, 0.717) is 40.6 Å². The number of fused-ring (bicyclic) bond motifs is 1. The smallest absolute Gasteiger partial charge is 0.390 e. The topological polar surface area (TPSA) is 104 Å². The Morgan fingerprint density at radius 1 is 1.12 bits per heavy atom. The number of thiazole rings is 1. The third-order valence-corrected chi connectivity index (χ3v) is 8.18. The molecular weight excluding hydrogens is 575 g/mol. The number of nitrogens with zero attached hydrogens (tertiary/aromatic N) is 3. The number of anilines is 2. The van der Waals surface area contributed by atoms with Crippen molar-refractivity contribution >= 4 is 41.0 Å². The molecule has 43 heavy (non-hydrogen) atoms. The molecule has 2 aromatic carbocycles. The SMILES string of the molecule is CC1CC=c2cc(-c3ccc(C(F)(F)F)cc3)c(NC(=O)c3csc(-c4ccnc(N)c4)n3)cc2=CN1CCC(C)(C)O. The maximum absolute atomic E-state index is 13.5. The van der Waals surface area contributed by atoms with Crippen LogP contribution in [0.4, 0.5) is 24.7 Å². The maximum atomic E-state index is 13.5. The number of carbonyl (C=O) groups excluding carboxylic acids is 1. The second kappa shape index (κ2) is 11.8. The van der Waals surface area contributed by atoms with E-state index >= 15 is 0 Å². The van der Waals surface area contributed by atoms with Gasteiger partial charge in [0.15, 0.2) is 0 Å². The molecule has 224 valence electrons. The molecule has 1 amide bonds. The third-order valence-electron chi connectivity index (χ3n) is 7.29. The number of hydrogen-bond donors (Lipinski definition) is 3. The van der Waals surface area contributed by atoms with Crippen molar-refractivity contribution in [3.63, 3.8) is 0 Å². The van der Waals surface area contributed by atoms with Crippen molar-refractivity contribution in [2.24, 2.45) is 0 Å². The van der Waals surface area contributed by atoms with Gasteiger partial charge in [0.05, 0.1) is 11.2 Å². The quantitative estimate of drug-likeness (QED) is 0.256. The highest BCUT2D eigenvalue weighted by Crippen LogP contribution is 2.33. The number of aliphatic hydroxyl groups is 1. The molecule has 3 heterocycles. The molecule has 0 spiro atoms. The Morgan fingerprint density at radius 2 is 1.86 bits per heavy atom. The number of halogens is 3. The van der Waals surface area contributed by atoms with Crippen molar-refractivity contribution in [1.29, 1.82) is 0 Å². The molecule has 7 nitrogen and oxygen atoms in total. The molecule has 4 aromatic rings. The Labute approximate surface area is 251 Å². The first-order chi connectivity index (χ1) is 20.3. The standard InChI is InChI=1S/C32H32F3N5O2S/c1-19-4-5-21-14-25(20-6-8-24(9-7-20)32(33,34)35)26(15-23(21)17-40(19)13-11-31(2,3)42)38-29(41)27-18-43-30(39-27)22-10-12-37-28(36)16-22/h5-10,12,14-19,42H,4,11,13H2,1-3H3,(H2,36,37)(H,38,41). The lowest BCUT2D eigenvalue weighted by Gasteiger charge is -2.29. The normalized spacial score (nSPS) is 15.2. The summed E-state index contributed by atoms with van der Waals surface area (Å²) in [5, 5.41) is 17.2. The Morgan fingerprint density at radius 3 is 2.53 bits per heavy atom. The van der Waals surface area contributed by atoms with Gasteiger partial charge in [-0.25, -0.2) is 9.97 Å². The Kier molecular flexibility index (Phi) is 8.31. The van der Waals surface area contributed by atoms with Gasteiger partial charge in [0, 0.05) is 47.2 Å². The lowest BCUT2D eigenvalue weighted by molar-refractivity contribution is -0.137. The molecule has 0 radical (unpaired) electrons. The van der Waals surface area contributed by atoms with Gasteiger partial charge >= 0.3 is 6.18 Å².